The van der Waals surface area contributed by atoms with E-state index in [-0.39, 0.29) is 29.4 Å². The van der Waals surface area contributed by atoms with Crippen LogP contribution in [-0.2, 0) is 19.1 Å². The SMILES string of the molecule is O=C(NC[C@@H]1COCCO1)[C@@H]1CCCN1C(=O)C12CC3CC(CC(C3)C1)C2. The maximum Gasteiger partial charge on any atom is 0.242 e. The summed E-state index contributed by atoms with van der Waals surface area (Å²) in [4.78, 5) is 28.4. The zero-order valence-electron chi connectivity index (χ0n) is 16.2. The first-order valence-corrected chi connectivity index (χ1v) is 10.9. The molecular formula is C21H32N2O4. The lowest BCUT2D eigenvalue weighted by Gasteiger charge is -2.56. The van der Waals surface area contributed by atoms with Gasteiger partial charge in [-0.1, -0.05) is 0 Å². The van der Waals surface area contributed by atoms with Gasteiger partial charge in [0.25, 0.3) is 0 Å². The molecule has 150 valence electrons. The molecule has 2 aliphatic heterocycles. The highest BCUT2D eigenvalue weighted by atomic mass is 16.6. The molecule has 1 N–H and O–H groups in total. The quantitative estimate of drug-likeness (QED) is 0.811. The molecule has 2 saturated heterocycles. The monoisotopic (exact) mass is 376 g/mol. The average molecular weight is 376 g/mol. The lowest BCUT2D eigenvalue weighted by Crippen LogP contribution is -2.57. The van der Waals surface area contributed by atoms with E-state index in [4.69, 9.17) is 9.47 Å². The fourth-order valence-electron chi connectivity index (χ4n) is 6.95. The van der Waals surface area contributed by atoms with Crippen LogP contribution < -0.4 is 5.32 Å². The van der Waals surface area contributed by atoms with Gasteiger partial charge >= 0.3 is 0 Å². The van der Waals surface area contributed by atoms with Crippen molar-refractivity contribution in [3.8, 4) is 0 Å². The first kappa shape index (κ1) is 17.9. The van der Waals surface area contributed by atoms with E-state index in [0.717, 1.165) is 56.4 Å². The normalized spacial score (nSPS) is 43.1. The van der Waals surface area contributed by atoms with Crippen LogP contribution in [0.25, 0.3) is 0 Å². The van der Waals surface area contributed by atoms with E-state index >= 15 is 0 Å². The molecule has 0 aromatic rings. The van der Waals surface area contributed by atoms with Crippen molar-refractivity contribution in [1.82, 2.24) is 10.2 Å². The van der Waals surface area contributed by atoms with Crippen LogP contribution in [0, 0.1) is 23.2 Å². The van der Waals surface area contributed by atoms with Crippen LogP contribution in [0.2, 0.25) is 0 Å². The summed E-state index contributed by atoms with van der Waals surface area (Å²) in [5.41, 5.74) is -0.155. The lowest BCUT2D eigenvalue weighted by molar-refractivity contribution is -0.160. The predicted molar refractivity (Wildman–Crippen MR) is 98.9 cm³/mol. The Balaban J connectivity index is 1.24. The van der Waals surface area contributed by atoms with E-state index in [1.54, 1.807) is 0 Å². The van der Waals surface area contributed by atoms with E-state index in [9.17, 15) is 9.59 Å². The minimum absolute atomic E-state index is 0.0141. The summed E-state index contributed by atoms with van der Waals surface area (Å²) in [5, 5.41) is 3.02. The van der Waals surface area contributed by atoms with E-state index in [1.165, 1.54) is 19.3 Å². The molecule has 6 fully saturated rings. The third-order valence-electron chi connectivity index (χ3n) is 7.70. The third kappa shape index (κ3) is 3.29. The van der Waals surface area contributed by atoms with Crippen LogP contribution in [0.5, 0.6) is 0 Å². The molecular weight excluding hydrogens is 344 g/mol. The second-order valence-electron chi connectivity index (χ2n) is 9.67. The van der Waals surface area contributed by atoms with Crippen LogP contribution >= 0.6 is 0 Å². The summed E-state index contributed by atoms with van der Waals surface area (Å²) in [7, 11) is 0. The Morgan fingerprint density at radius 3 is 2.37 bits per heavy atom. The molecule has 6 nitrogen and oxygen atoms in total. The second-order valence-corrected chi connectivity index (χ2v) is 9.67. The Morgan fingerprint density at radius 2 is 1.74 bits per heavy atom. The van der Waals surface area contributed by atoms with Gasteiger partial charge < -0.3 is 19.7 Å². The highest BCUT2D eigenvalue weighted by Gasteiger charge is 2.56. The third-order valence-corrected chi connectivity index (χ3v) is 7.70. The van der Waals surface area contributed by atoms with Gasteiger partial charge in [0.15, 0.2) is 0 Å². The van der Waals surface area contributed by atoms with Gasteiger partial charge in [-0.3, -0.25) is 9.59 Å². The molecule has 4 saturated carbocycles. The summed E-state index contributed by atoms with van der Waals surface area (Å²) in [6, 6.07) is -0.296. The van der Waals surface area contributed by atoms with E-state index in [0.29, 0.717) is 26.4 Å². The number of amides is 2. The Hall–Kier alpha value is -1.14. The number of nitrogens with one attached hydrogen (secondary N) is 1. The van der Waals surface area contributed by atoms with Crippen LogP contribution in [0.4, 0.5) is 0 Å². The van der Waals surface area contributed by atoms with E-state index in [2.05, 4.69) is 5.32 Å². The van der Waals surface area contributed by atoms with Gasteiger partial charge in [-0.15, -0.1) is 0 Å². The highest BCUT2D eigenvalue weighted by Crippen LogP contribution is 2.60. The summed E-state index contributed by atoms with van der Waals surface area (Å²) in [6.45, 7) is 2.94. The maximum atomic E-state index is 13.6. The van der Waals surface area contributed by atoms with Gasteiger partial charge in [0.1, 0.15) is 6.04 Å². The lowest BCUT2D eigenvalue weighted by atomic mass is 9.49. The minimum atomic E-state index is -0.296. The molecule has 0 radical (unpaired) electrons. The Morgan fingerprint density at radius 1 is 1.04 bits per heavy atom. The molecule has 27 heavy (non-hydrogen) atoms. The van der Waals surface area contributed by atoms with Crippen molar-refractivity contribution < 1.29 is 19.1 Å². The number of likely N-dealkylation sites (tertiary alicyclic amines) is 1. The first-order chi connectivity index (χ1) is 13.1. The Labute approximate surface area is 161 Å². The standard InChI is InChI=1S/C21H32N2O4/c24-19(22-12-17-13-26-4-5-27-17)18-2-1-3-23(18)20(25)21-9-14-6-15(10-21)8-16(7-14)11-21/h14-18H,1-13H2,(H,22,24)/t14?,15?,16?,17-,18+,21?/m1/s1. The van der Waals surface area contributed by atoms with Gasteiger partial charge in [-0.2, -0.15) is 0 Å². The van der Waals surface area contributed by atoms with Gasteiger partial charge in [-0.25, -0.2) is 0 Å². The molecule has 0 unspecified atom stereocenters. The largest absolute Gasteiger partial charge is 0.376 e. The molecule has 2 amide bonds. The van der Waals surface area contributed by atoms with Gasteiger partial charge in [-0.05, 0) is 69.1 Å². The maximum absolute atomic E-state index is 13.6. The Kier molecular flexibility index (Phi) is 4.67. The van der Waals surface area contributed by atoms with Crippen LogP contribution in [0.1, 0.15) is 51.4 Å². The minimum Gasteiger partial charge on any atom is -0.376 e. The molecule has 0 spiro atoms. The number of nitrogens with zero attached hydrogens (tertiary/aromatic N) is 1. The number of hydrogen-bond donors (Lipinski definition) is 1. The van der Waals surface area contributed by atoms with Gasteiger partial charge in [0.05, 0.1) is 31.3 Å². The average Bonchev–Trinajstić information content (AvgIpc) is 3.15. The van der Waals surface area contributed by atoms with Crippen molar-refractivity contribution in [3.63, 3.8) is 0 Å². The number of carbonyl (C=O) groups is 2. The van der Waals surface area contributed by atoms with Crippen molar-refractivity contribution in [3.05, 3.63) is 0 Å². The molecule has 2 atom stereocenters. The molecule has 0 aromatic carbocycles. The van der Waals surface area contributed by atoms with E-state index in [1.807, 2.05) is 4.90 Å². The number of carbonyl (C=O) groups excluding carboxylic acids is 2. The molecule has 4 aliphatic carbocycles. The van der Waals surface area contributed by atoms with Crippen LogP contribution in [-0.4, -0.2) is 61.8 Å². The summed E-state index contributed by atoms with van der Waals surface area (Å²) < 4.78 is 11.0. The molecule has 0 aromatic heterocycles. The molecule has 4 bridgehead atoms. The fourth-order valence-corrected chi connectivity index (χ4v) is 6.95. The molecule has 6 aliphatic rings. The number of hydrogen-bond acceptors (Lipinski definition) is 4. The number of rotatable bonds is 4. The highest BCUT2D eigenvalue weighted by molar-refractivity contribution is 5.91. The predicted octanol–water partition coefficient (Wildman–Crippen LogP) is 1.73. The molecule has 6 heteroatoms. The molecule has 6 rings (SSSR count). The zero-order valence-corrected chi connectivity index (χ0v) is 16.2. The summed E-state index contributed by atoms with van der Waals surface area (Å²) in [5.74, 6) is 2.52. The van der Waals surface area contributed by atoms with Crippen molar-refractivity contribution in [2.75, 3.05) is 32.9 Å². The van der Waals surface area contributed by atoms with Crippen molar-refractivity contribution in [2.24, 2.45) is 23.2 Å². The first-order valence-electron chi connectivity index (χ1n) is 10.9. The van der Waals surface area contributed by atoms with Gasteiger partial charge in [0, 0.05) is 13.1 Å². The molecule has 2 heterocycles. The Bertz CT molecular complexity index is 566. The topological polar surface area (TPSA) is 67.9 Å². The van der Waals surface area contributed by atoms with Crippen LogP contribution in [0.3, 0.4) is 0 Å². The van der Waals surface area contributed by atoms with Crippen molar-refractivity contribution >= 4 is 11.8 Å². The fraction of sp³-hybridized carbons (Fsp3) is 0.905. The van der Waals surface area contributed by atoms with Crippen molar-refractivity contribution in [1.29, 1.82) is 0 Å². The summed E-state index contributed by atoms with van der Waals surface area (Å²) >= 11 is 0. The smallest absolute Gasteiger partial charge is 0.242 e. The zero-order chi connectivity index (χ0) is 18.4. The number of ether oxygens (including phenoxy) is 2. The van der Waals surface area contributed by atoms with E-state index < -0.39 is 0 Å². The summed E-state index contributed by atoms with van der Waals surface area (Å²) in [6.07, 6.45) is 8.84. The van der Waals surface area contributed by atoms with Crippen molar-refractivity contribution in [2.45, 2.75) is 63.5 Å². The van der Waals surface area contributed by atoms with Crippen LogP contribution in [0.15, 0.2) is 0 Å². The van der Waals surface area contributed by atoms with Gasteiger partial charge in [0.2, 0.25) is 11.8 Å². The second kappa shape index (κ2) is 7.03.